The van der Waals surface area contributed by atoms with Crippen LogP contribution in [0.2, 0.25) is 0 Å². The molecular weight excluding hydrogens is 408 g/mol. The molecule has 2 aromatic carbocycles. The molecule has 0 radical (unpaired) electrons. The standard InChI is InChI=1S/C30H42O3/c1-7-28(4,5)33-26-19-15-24(16-20-26)30(21-11-10-12-22-30)23-13-17-25(18-14-23)32-27(31)29(6,8-2)9-3/h13-20H,7-12,21-22H2,1-6H3. The van der Waals surface area contributed by atoms with Gasteiger partial charge in [-0.1, -0.05) is 64.3 Å². The van der Waals surface area contributed by atoms with Gasteiger partial charge in [-0.2, -0.15) is 0 Å². The lowest BCUT2D eigenvalue weighted by Gasteiger charge is -2.39. The highest BCUT2D eigenvalue weighted by molar-refractivity contribution is 5.78. The van der Waals surface area contributed by atoms with E-state index < -0.39 is 5.41 Å². The lowest BCUT2D eigenvalue weighted by Crippen LogP contribution is -2.31. The molecule has 0 amide bonds. The van der Waals surface area contributed by atoms with Crippen molar-refractivity contribution in [2.45, 2.75) is 104 Å². The Balaban J connectivity index is 1.85. The number of hydrogen-bond acceptors (Lipinski definition) is 3. The molecule has 0 unspecified atom stereocenters. The zero-order valence-corrected chi connectivity index (χ0v) is 21.5. The van der Waals surface area contributed by atoms with Crippen LogP contribution in [0.4, 0.5) is 0 Å². The fourth-order valence-electron chi connectivity index (χ4n) is 4.74. The average molecular weight is 451 g/mol. The van der Waals surface area contributed by atoms with E-state index in [9.17, 15) is 4.79 Å². The molecule has 0 atom stereocenters. The van der Waals surface area contributed by atoms with E-state index >= 15 is 0 Å². The van der Waals surface area contributed by atoms with Crippen LogP contribution < -0.4 is 9.47 Å². The van der Waals surface area contributed by atoms with Crippen LogP contribution in [0.1, 0.15) is 104 Å². The summed E-state index contributed by atoms with van der Waals surface area (Å²) in [7, 11) is 0. The van der Waals surface area contributed by atoms with Crippen molar-refractivity contribution in [2.75, 3.05) is 0 Å². The molecule has 0 N–H and O–H groups in total. The van der Waals surface area contributed by atoms with Crippen LogP contribution in [0.15, 0.2) is 48.5 Å². The van der Waals surface area contributed by atoms with E-state index in [4.69, 9.17) is 9.47 Å². The minimum absolute atomic E-state index is 0.000937. The highest BCUT2D eigenvalue weighted by atomic mass is 16.5. The van der Waals surface area contributed by atoms with E-state index in [1.54, 1.807) is 0 Å². The predicted molar refractivity (Wildman–Crippen MR) is 136 cm³/mol. The van der Waals surface area contributed by atoms with Crippen LogP contribution in [0, 0.1) is 5.41 Å². The molecule has 1 saturated carbocycles. The SMILES string of the molecule is CCC(C)(C)Oc1ccc(C2(c3ccc(OC(=O)C(C)(CC)CC)cc3)CCCCC2)cc1. The van der Waals surface area contributed by atoms with Crippen LogP contribution >= 0.6 is 0 Å². The summed E-state index contributed by atoms with van der Waals surface area (Å²) in [5.41, 5.74) is 2.06. The number of rotatable bonds is 9. The van der Waals surface area contributed by atoms with E-state index in [0.717, 1.165) is 37.9 Å². The molecule has 2 aromatic rings. The maximum Gasteiger partial charge on any atom is 0.317 e. The fraction of sp³-hybridized carbons (Fsp3) is 0.567. The number of carbonyl (C=O) groups excluding carboxylic acids is 1. The molecular formula is C30H42O3. The number of ether oxygens (including phenoxy) is 2. The van der Waals surface area contributed by atoms with Gasteiger partial charge >= 0.3 is 5.97 Å². The first kappa shape index (κ1) is 25.3. The molecule has 0 aromatic heterocycles. The molecule has 180 valence electrons. The number of benzene rings is 2. The van der Waals surface area contributed by atoms with Gasteiger partial charge in [0, 0.05) is 5.41 Å². The van der Waals surface area contributed by atoms with Gasteiger partial charge in [0.05, 0.1) is 5.41 Å². The van der Waals surface area contributed by atoms with Gasteiger partial charge in [0.1, 0.15) is 17.1 Å². The molecule has 33 heavy (non-hydrogen) atoms. The molecule has 1 aliphatic carbocycles. The Kier molecular flexibility index (Phi) is 7.92. The highest BCUT2D eigenvalue weighted by Gasteiger charge is 2.36. The Bertz CT molecular complexity index is 899. The maximum absolute atomic E-state index is 12.7. The van der Waals surface area contributed by atoms with E-state index in [1.807, 2.05) is 32.9 Å². The topological polar surface area (TPSA) is 35.5 Å². The summed E-state index contributed by atoms with van der Waals surface area (Å²) in [6.45, 7) is 12.5. The summed E-state index contributed by atoms with van der Waals surface area (Å²) in [5, 5.41) is 0. The van der Waals surface area contributed by atoms with Gasteiger partial charge in [0.2, 0.25) is 0 Å². The number of hydrogen-bond donors (Lipinski definition) is 0. The second kappa shape index (κ2) is 10.3. The zero-order chi connectivity index (χ0) is 24.1. The van der Waals surface area contributed by atoms with E-state index in [0.29, 0.717) is 5.75 Å². The summed E-state index contributed by atoms with van der Waals surface area (Å²) in [4.78, 5) is 12.7. The van der Waals surface area contributed by atoms with Gasteiger partial charge < -0.3 is 9.47 Å². The smallest absolute Gasteiger partial charge is 0.317 e. The van der Waals surface area contributed by atoms with Crippen molar-refractivity contribution < 1.29 is 14.3 Å². The predicted octanol–water partition coefficient (Wildman–Crippen LogP) is 8.24. The molecule has 3 heteroatoms. The van der Waals surface area contributed by atoms with Gasteiger partial charge in [-0.3, -0.25) is 4.79 Å². The Morgan fingerprint density at radius 3 is 1.70 bits per heavy atom. The molecule has 0 heterocycles. The largest absolute Gasteiger partial charge is 0.488 e. The van der Waals surface area contributed by atoms with Gasteiger partial charge in [-0.15, -0.1) is 0 Å². The molecule has 3 rings (SSSR count). The van der Waals surface area contributed by atoms with Crippen LogP contribution in [-0.2, 0) is 10.2 Å². The van der Waals surface area contributed by atoms with Gasteiger partial charge in [-0.05, 0) is 88.3 Å². The van der Waals surface area contributed by atoms with Crippen LogP contribution in [0.25, 0.3) is 0 Å². The molecule has 0 bridgehead atoms. The van der Waals surface area contributed by atoms with Crippen LogP contribution in [-0.4, -0.2) is 11.6 Å². The van der Waals surface area contributed by atoms with Crippen molar-refractivity contribution in [2.24, 2.45) is 5.41 Å². The van der Waals surface area contributed by atoms with E-state index in [1.165, 1.54) is 30.4 Å². The third kappa shape index (κ3) is 5.62. The molecule has 1 aliphatic rings. The van der Waals surface area contributed by atoms with Crippen LogP contribution in [0.3, 0.4) is 0 Å². The molecule has 0 aliphatic heterocycles. The summed E-state index contributed by atoms with van der Waals surface area (Å²) in [6, 6.07) is 17.0. The van der Waals surface area contributed by atoms with Crippen molar-refractivity contribution in [1.82, 2.24) is 0 Å². The molecule has 0 saturated heterocycles. The molecule has 0 spiro atoms. The van der Waals surface area contributed by atoms with Crippen molar-refractivity contribution >= 4 is 5.97 Å². The summed E-state index contributed by atoms with van der Waals surface area (Å²) < 4.78 is 11.9. The third-order valence-corrected chi connectivity index (χ3v) is 8.03. The number of carbonyl (C=O) groups is 1. The summed E-state index contributed by atoms with van der Waals surface area (Å²) in [5.74, 6) is 1.42. The second-order valence-corrected chi connectivity index (χ2v) is 10.6. The minimum atomic E-state index is -0.431. The average Bonchev–Trinajstić information content (AvgIpc) is 2.84. The number of esters is 1. The first-order valence-electron chi connectivity index (χ1n) is 12.8. The Labute approximate surface area is 200 Å². The second-order valence-electron chi connectivity index (χ2n) is 10.6. The lowest BCUT2D eigenvalue weighted by molar-refractivity contribution is -0.145. The quantitative estimate of drug-likeness (QED) is 0.285. The Morgan fingerprint density at radius 1 is 0.758 bits per heavy atom. The third-order valence-electron chi connectivity index (χ3n) is 8.03. The fourth-order valence-corrected chi connectivity index (χ4v) is 4.74. The lowest BCUT2D eigenvalue weighted by atomic mass is 9.65. The normalized spacial score (nSPS) is 16.3. The van der Waals surface area contributed by atoms with Gasteiger partial charge in [0.25, 0.3) is 0 Å². The Hall–Kier alpha value is -2.29. The first-order valence-corrected chi connectivity index (χ1v) is 12.8. The summed E-state index contributed by atoms with van der Waals surface area (Å²) >= 11 is 0. The highest BCUT2D eigenvalue weighted by Crippen LogP contribution is 2.45. The van der Waals surface area contributed by atoms with E-state index in [2.05, 4.69) is 57.2 Å². The van der Waals surface area contributed by atoms with Crippen LogP contribution in [0.5, 0.6) is 11.5 Å². The summed E-state index contributed by atoms with van der Waals surface area (Å²) in [6.07, 6.45) is 8.53. The first-order chi connectivity index (χ1) is 15.7. The van der Waals surface area contributed by atoms with Gasteiger partial charge in [-0.25, -0.2) is 0 Å². The monoisotopic (exact) mass is 450 g/mol. The van der Waals surface area contributed by atoms with Crippen molar-refractivity contribution in [1.29, 1.82) is 0 Å². The molecule has 1 fully saturated rings. The minimum Gasteiger partial charge on any atom is -0.488 e. The zero-order valence-electron chi connectivity index (χ0n) is 21.5. The van der Waals surface area contributed by atoms with E-state index in [-0.39, 0.29) is 17.0 Å². The Morgan fingerprint density at radius 2 is 1.24 bits per heavy atom. The van der Waals surface area contributed by atoms with Gasteiger partial charge in [0.15, 0.2) is 0 Å². The van der Waals surface area contributed by atoms with Crippen molar-refractivity contribution in [3.8, 4) is 11.5 Å². The van der Waals surface area contributed by atoms with Crippen molar-refractivity contribution in [3.63, 3.8) is 0 Å². The molecule has 3 nitrogen and oxygen atoms in total. The maximum atomic E-state index is 12.7. The van der Waals surface area contributed by atoms with Crippen molar-refractivity contribution in [3.05, 3.63) is 59.7 Å².